The first kappa shape index (κ1) is 24.7. The normalized spacial score (nSPS) is 11.5. The first-order valence-corrected chi connectivity index (χ1v) is 15.7. The Morgan fingerprint density at radius 2 is 2.03 bits per heavy atom. The molecule has 0 aliphatic heterocycles. The van der Waals surface area contributed by atoms with Gasteiger partial charge in [0.05, 0.1) is 23.3 Å². The molecule has 0 amide bonds. The highest BCUT2D eigenvalue weighted by Crippen LogP contribution is 2.33. The second-order valence-electron chi connectivity index (χ2n) is 9.12. The van der Waals surface area contributed by atoms with Crippen molar-refractivity contribution in [1.82, 2.24) is 23.9 Å². The Morgan fingerprint density at radius 1 is 1.23 bits per heavy atom. The Morgan fingerprint density at radius 3 is 2.74 bits per heavy atom. The number of hydrogen-bond acceptors (Lipinski definition) is 9. The van der Waals surface area contributed by atoms with Gasteiger partial charge in [0.1, 0.15) is 29.8 Å². The van der Waals surface area contributed by atoms with Crippen LogP contribution in [0.25, 0.3) is 32.9 Å². The van der Waals surface area contributed by atoms with E-state index in [-0.39, 0.29) is 19.2 Å². The number of fused-ring (bicyclic) bond motifs is 1. The molecule has 0 bridgehead atoms. The van der Waals surface area contributed by atoms with Gasteiger partial charge in [-0.2, -0.15) is 9.64 Å². The number of nitriles is 1. The van der Waals surface area contributed by atoms with E-state index >= 15 is 0 Å². The van der Waals surface area contributed by atoms with Gasteiger partial charge in [0.2, 0.25) is 5.82 Å². The van der Waals surface area contributed by atoms with Crippen molar-refractivity contribution in [2.24, 2.45) is 0 Å². The summed E-state index contributed by atoms with van der Waals surface area (Å²) in [6.45, 7) is 9.86. The van der Waals surface area contributed by atoms with E-state index in [0.29, 0.717) is 33.9 Å². The fourth-order valence-corrected chi connectivity index (χ4v) is 4.90. The zero-order valence-corrected chi connectivity index (χ0v) is 21.9. The number of hydrogen-bond donors (Lipinski definition) is 0. The predicted octanol–water partition coefficient (Wildman–Crippen LogP) is 4.98. The van der Waals surface area contributed by atoms with E-state index in [1.807, 2.05) is 34.9 Å². The molecular weight excluding hydrogens is 480 g/mol. The van der Waals surface area contributed by atoms with Crippen molar-refractivity contribution in [3.05, 3.63) is 48.2 Å². The molecule has 1 aromatic carbocycles. The Labute approximate surface area is 208 Å². The van der Waals surface area contributed by atoms with E-state index in [4.69, 9.17) is 14.7 Å². The van der Waals surface area contributed by atoms with Crippen LogP contribution in [0, 0.1) is 11.3 Å². The molecule has 0 saturated heterocycles. The van der Waals surface area contributed by atoms with Crippen LogP contribution in [0.3, 0.4) is 0 Å². The van der Waals surface area contributed by atoms with Crippen LogP contribution in [0.1, 0.15) is 23.1 Å². The standard InChI is InChI=1S/C24H26N6O3SSi/c1-5-33-24(31)18-13-30(15-32-9-10-35(2,3)4)22-20(18)21(26-14-27-22)16-7-6-8-17(11-16)23-28-19(12-25)29-34-23/h6-8,11,13-14H,5,9-10,15H2,1-4H3. The quantitative estimate of drug-likeness (QED) is 0.177. The fraction of sp³-hybridized carbons (Fsp3) is 0.333. The van der Waals surface area contributed by atoms with E-state index in [1.54, 1.807) is 13.1 Å². The summed E-state index contributed by atoms with van der Waals surface area (Å²) in [4.78, 5) is 26.1. The molecule has 0 spiro atoms. The zero-order chi connectivity index (χ0) is 25.0. The summed E-state index contributed by atoms with van der Waals surface area (Å²) in [5.74, 6) is -0.302. The zero-order valence-electron chi connectivity index (χ0n) is 20.1. The lowest BCUT2D eigenvalue weighted by molar-refractivity contribution is 0.0527. The molecule has 11 heteroatoms. The maximum Gasteiger partial charge on any atom is 0.340 e. The molecule has 0 atom stereocenters. The number of carbonyl (C=O) groups excluding carboxylic acids is 1. The second-order valence-corrected chi connectivity index (χ2v) is 15.5. The predicted molar refractivity (Wildman–Crippen MR) is 137 cm³/mol. The first-order valence-electron chi connectivity index (χ1n) is 11.2. The molecule has 4 rings (SSSR count). The van der Waals surface area contributed by atoms with E-state index < -0.39 is 14.0 Å². The molecule has 0 fully saturated rings. The summed E-state index contributed by atoms with van der Waals surface area (Å²) >= 11 is 1.16. The van der Waals surface area contributed by atoms with Crippen LogP contribution < -0.4 is 0 Å². The molecule has 0 aliphatic carbocycles. The van der Waals surface area contributed by atoms with Gasteiger partial charge < -0.3 is 14.0 Å². The molecule has 180 valence electrons. The molecule has 0 unspecified atom stereocenters. The molecule has 0 aliphatic rings. The van der Waals surface area contributed by atoms with Crippen LogP contribution in [-0.2, 0) is 16.2 Å². The van der Waals surface area contributed by atoms with Gasteiger partial charge in [-0.25, -0.2) is 19.7 Å². The van der Waals surface area contributed by atoms with Gasteiger partial charge in [0.15, 0.2) is 0 Å². The molecule has 35 heavy (non-hydrogen) atoms. The molecule has 9 nitrogen and oxygen atoms in total. The van der Waals surface area contributed by atoms with Crippen molar-refractivity contribution in [1.29, 1.82) is 5.26 Å². The number of benzene rings is 1. The van der Waals surface area contributed by atoms with E-state index in [0.717, 1.165) is 28.7 Å². The summed E-state index contributed by atoms with van der Waals surface area (Å²) in [6, 6.07) is 10.6. The maximum atomic E-state index is 12.9. The number of aromatic nitrogens is 5. The van der Waals surface area contributed by atoms with E-state index in [9.17, 15) is 4.79 Å². The van der Waals surface area contributed by atoms with Crippen molar-refractivity contribution in [3.63, 3.8) is 0 Å². The van der Waals surface area contributed by atoms with Crippen LogP contribution in [0.4, 0.5) is 0 Å². The number of nitrogens with zero attached hydrogens (tertiary/aromatic N) is 6. The van der Waals surface area contributed by atoms with Gasteiger partial charge in [0.25, 0.3) is 0 Å². The summed E-state index contributed by atoms with van der Waals surface area (Å²) in [5.41, 5.74) is 3.18. The van der Waals surface area contributed by atoms with Crippen molar-refractivity contribution in [2.45, 2.75) is 39.3 Å². The van der Waals surface area contributed by atoms with Gasteiger partial charge in [-0.15, -0.1) is 0 Å². The summed E-state index contributed by atoms with van der Waals surface area (Å²) in [7, 11) is -1.22. The van der Waals surface area contributed by atoms with Crippen LogP contribution in [0.2, 0.25) is 25.7 Å². The van der Waals surface area contributed by atoms with Gasteiger partial charge in [-0.3, -0.25) is 0 Å². The van der Waals surface area contributed by atoms with Crippen molar-refractivity contribution < 1.29 is 14.3 Å². The second kappa shape index (κ2) is 10.4. The number of rotatable bonds is 9. The fourth-order valence-electron chi connectivity index (χ4n) is 3.53. The van der Waals surface area contributed by atoms with E-state index in [1.165, 1.54) is 6.33 Å². The third-order valence-corrected chi connectivity index (χ3v) is 7.75. The van der Waals surface area contributed by atoms with Crippen LogP contribution in [0.15, 0.2) is 36.8 Å². The van der Waals surface area contributed by atoms with Gasteiger partial charge in [-0.1, -0.05) is 37.8 Å². The van der Waals surface area contributed by atoms with Crippen molar-refractivity contribution in [3.8, 4) is 27.9 Å². The molecule has 0 radical (unpaired) electrons. The lowest BCUT2D eigenvalue weighted by Gasteiger charge is -2.15. The number of carbonyl (C=O) groups is 1. The largest absolute Gasteiger partial charge is 0.462 e. The van der Waals surface area contributed by atoms with Gasteiger partial charge in [0, 0.05) is 32.0 Å². The smallest absolute Gasteiger partial charge is 0.340 e. The molecule has 3 aromatic heterocycles. The minimum absolute atomic E-state index is 0.135. The number of ether oxygens (including phenoxy) is 2. The van der Waals surface area contributed by atoms with Crippen molar-refractivity contribution >= 4 is 36.6 Å². The Kier molecular flexibility index (Phi) is 7.35. The average molecular weight is 507 g/mol. The minimum Gasteiger partial charge on any atom is -0.462 e. The molecule has 0 saturated carbocycles. The third kappa shape index (κ3) is 5.62. The highest BCUT2D eigenvalue weighted by molar-refractivity contribution is 7.09. The Hall–Kier alpha value is -3.46. The monoisotopic (exact) mass is 506 g/mol. The summed E-state index contributed by atoms with van der Waals surface area (Å²) in [6.07, 6.45) is 3.21. The van der Waals surface area contributed by atoms with Crippen LogP contribution in [0.5, 0.6) is 0 Å². The third-order valence-electron chi connectivity index (χ3n) is 5.28. The van der Waals surface area contributed by atoms with Gasteiger partial charge >= 0.3 is 5.97 Å². The van der Waals surface area contributed by atoms with Gasteiger partial charge in [-0.05, 0) is 30.6 Å². The highest BCUT2D eigenvalue weighted by Gasteiger charge is 2.22. The molecular formula is C24H26N6O3SSi. The Bertz CT molecular complexity index is 1400. The first-order chi connectivity index (χ1) is 16.8. The summed E-state index contributed by atoms with van der Waals surface area (Å²) in [5, 5.41) is 10.3. The number of esters is 1. The summed E-state index contributed by atoms with van der Waals surface area (Å²) < 4.78 is 17.1. The molecule has 0 N–H and O–H groups in total. The van der Waals surface area contributed by atoms with Crippen LogP contribution >= 0.6 is 11.5 Å². The molecule has 3 heterocycles. The maximum absolute atomic E-state index is 12.9. The minimum atomic E-state index is -1.22. The Balaban J connectivity index is 1.76. The lowest BCUT2D eigenvalue weighted by atomic mass is 10.0. The molecule has 4 aromatic rings. The highest BCUT2D eigenvalue weighted by atomic mass is 32.1. The average Bonchev–Trinajstić information content (AvgIpc) is 3.47. The van der Waals surface area contributed by atoms with E-state index in [2.05, 4.69) is 39.0 Å². The topological polar surface area (TPSA) is 116 Å². The SMILES string of the molecule is CCOC(=O)c1cn(COCC[Si](C)(C)C)c2ncnc(-c3cccc(-c4nc(C#N)ns4)c3)c12. The van der Waals surface area contributed by atoms with Crippen molar-refractivity contribution in [2.75, 3.05) is 13.2 Å². The van der Waals surface area contributed by atoms with Crippen LogP contribution in [-0.4, -0.2) is 51.1 Å². The lowest BCUT2D eigenvalue weighted by Crippen LogP contribution is -2.22.